The molecule has 1 atom stereocenters. The molecule has 0 fully saturated rings. The van der Waals surface area contributed by atoms with Crippen molar-refractivity contribution in [1.82, 2.24) is 10.3 Å². The molecule has 0 saturated heterocycles. The number of hydrogen-bond donors (Lipinski definition) is 1. The van der Waals surface area contributed by atoms with Crippen LogP contribution in [-0.2, 0) is 6.54 Å². The molecule has 0 radical (unpaired) electrons. The molecule has 1 aliphatic heterocycles. The Balaban J connectivity index is 2.34. The molecule has 0 spiro atoms. The molecule has 1 N–H and O–H groups in total. The normalized spacial score (nSPS) is 15.5. The van der Waals surface area contributed by atoms with Crippen LogP contribution >= 0.6 is 0 Å². The molecule has 0 aromatic heterocycles. The summed E-state index contributed by atoms with van der Waals surface area (Å²) in [4.78, 5) is 33.0. The first-order valence-corrected chi connectivity index (χ1v) is 9.35. The topological polar surface area (TPSA) is 172 Å². The van der Waals surface area contributed by atoms with Crippen molar-refractivity contribution >= 4 is 22.9 Å². The summed E-state index contributed by atoms with van der Waals surface area (Å²) >= 11 is 0. The molecule has 2 rings (SSSR count). The van der Waals surface area contributed by atoms with Crippen LogP contribution in [0, 0.1) is 35.8 Å². The quantitative estimate of drug-likeness (QED) is 0.279. The van der Waals surface area contributed by atoms with E-state index in [0.717, 1.165) is 18.9 Å². The van der Waals surface area contributed by atoms with Crippen molar-refractivity contribution in [2.24, 2.45) is 15.8 Å². The third kappa shape index (κ3) is 5.26. The summed E-state index contributed by atoms with van der Waals surface area (Å²) in [6.07, 6.45) is 0. The van der Waals surface area contributed by atoms with Crippen molar-refractivity contribution in [3.8, 4) is 0 Å². The van der Waals surface area contributed by atoms with E-state index in [0.29, 0.717) is 12.1 Å². The van der Waals surface area contributed by atoms with Crippen LogP contribution in [0.2, 0.25) is 0 Å². The zero-order valence-corrected chi connectivity index (χ0v) is 17.9. The highest BCUT2D eigenvalue weighted by molar-refractivity contribution is 5.84. The molecule has 0 saturated carbocycles. The number of nitro groups is 3. The number of benzene rings is 1. The summed E-state index contributed by atoms with van der Waals surface area (Å²) in [5, 5.41) is 41.5. The smallest absolute Gasteiger partial charge is 0.276 e. The van der Waals surface area contributed by atoms with Crippen LogP contribution in [0.5, 0.6) is 0 Å². The molecule has 168 valence electrons. The summed E-state index contributed by atoms with van der Waals surface area (Å²) in [5.74, 6) is 0.999. The number of amidine groups is 1. The summed E-state index contributed by atoms with van der Waals surface area (Å²) < 4.78 is 2.09. The minimum atomic E-state index is -0.924. The molecule has 14 heteroatoms. The molecule has 31 heavy (non-hydrogen) atoms. The number of nitrogens with zero attached hydrogens (tertiary/aromatic N) is 7. The van der Waals surface area contributed by atoms with Crippen molar-refractivity contribution in [1.29, 1.82) is 0 Å². The predicted molar refractivity (Wildman–Crippen MR) is 110 cm³/mol. The van der Waals surface area contributed by atoms with Gasteiger partial charge in [-0.05, 0) is 5.41 Å². The van der Waals surface area contributed by atoms with Gasteiger partial charge in [-0.2, -0.15) is 5.11 Å². The molecule has 1 aliphatic rings. The van der Waals surface area contributed by atoms with E-state index in [1.165, 1.54) is 0 Å². The maximum Gasteiger partial charge on any atom is 0.288 e. The Labute approximate surface area is 177 Å². The Morgan fingerprint density at radius 3 is 2.06 bits per heavy atom. The number of rotatable bonds is 8. The van der Waals surface area contributed by atoms with E-state index in [4.69, 9.17) is 0 Å². The third-order valence-corrected chi connectivity index (χ3v) is 4.96. The SMILES string of the molecule is CN1CC[N+](C)=C1C(NN=NCc1c([N+](=O)[O-])cc([N+](=O)[O-])cc1[N+](=O)[O-])C(C)(C)C. The first-order chi connectivity index (χ1) is 14.3. The Morgan fingerprint density at radius 1 is 1.13 bits per heavy atom. The van der Waals surface area contributed by atoms with Gasteiger partial charge in [0.15, 0.2) is 6.04 Å². The minimum absolute atomic E-state index is 0.240. The lowest BCUT2D eigenvalue weighted by atomic mass is 9.86. The van der Waals surface area contributed by atoms with Crippen LogP contribution in [0.15, 0.2) is 22.5 Å². The van der Waals surface area contributed by atoms with Gasteiger partial charge in [-0.15, -0.1) is 0 Å². The van der Waals surface area contributed by atoms with Crippen molar-refractivity contribution in [2.75, 3.05) is 27.2 Å². The molecule has 14 nitrogen and oxygen atoms in total. The Bertz CT molecular complexity index is 933. The fourth-order valence-electron chi connectivity index (χ4n) is 3.33. The standard InChI is InChI=1S/C17H25N8O6/c1-17(2,3)15(16-21(4)6-7-22(16)5)19-20-18-10-12-13(24(28)29)8-11(23(26)27)9-14(12)25(30)31/h8-9,15H,6-7,10H2,1-5H3,(H,18,19)/q+1. The first kappa shape index (κ1) is 23.6. The number of nitro benzene ring substituents is 3. The zero-order chi connectivity index (χ0) is 23.5. The Kier molecular flexibility index (Phi) is 6.82. The molecular formula is C17H25N8O6+. The summed E-state index contributed by atoms with van der Waals surface area (Å²) in [5.41, 5.74) is 0.0846. The van der Waals surface area contributed by atoms with E-state index >= 15 is 0 Å². The summed E-state index contributed by atoms with van der Waals surface area (Å²) in [6, 6.07) is 1.12. The van der Waals surface area contributed by atoms with E-state index in [1.807, 2.05) is 34.9 Å². The van der Waals surface area contributed by atoms with Gasteiger partial charge in [0.25, 0.3) is 22.9 Å². The van der Waals surface area contributed by atoms with Gasteiger partial charge in [-0.3, -0.25) is 45.2 Å². The van der Waals surface area contributed by atoms with Crippen LogP contribution in [0.4, 0.5) is 17.1 Å². The van der Waals surface area contributed by atoms with Crippen molar-refractivity contribution in [2.45, 2.75) is 33.4 Å². The van der Waals surface area contributed by atoms with Gasteiger partial charge < -0.3 is 0 Å². The zero-order valence-electron chi connectivity index (χ0n) is 17.9. The maximum atomic E-state index is 11.3. The second kappa shape index (κ2) is 8.97. The van der Waals surface area contributed by atoms with Gasteiger partial charge in [0.05, 0.1) is 41.0 Å². The molecular weight excluding hydrogens is 412 g/mol. The average Bonchev–Trinajstić information content (AvgIpc) is 2.98. The number of hydrogen-bond acceptors (Lipinski definition) is 9. The second-order valence-corrected chi connectivity index (χ2v) is 8.26. The van der Waals surface area contributed by atoms with Gasteiger partial charge >= 0.3 is 0 Å². The number of likely N-dealkylation sites (N-methyl/N-ethyl adjacent to an activating group) is 2. The molecule has 1 heterocycles. The second-order valence-electron chi connectivity index (χ2n) is 8.26. The van der Waals surface area contributed by atoms with E-state index in [9.17, 15) is 30.3 Å². The molecule has 1 aromatic rings. The highest BCUT2D eigenvalue weighted by Gasteiger charge is 2.40. The molecule has 0 amide bonds. The van der Waals surface area contributed by atoms with Crippen LogP contribution in [0.25, 0.3) is 0 Å². The highest BCUT2D eigenvalue weighted by atomic mass is 16.6. The largest absolute Gasteiger partial charge is 0.288 e. The van der Waals surface area contributed by atoms with Crippen molar-refractivity contribution < 1.29 is 19.3 Å². The molecule has 0 bridgehead atoms. The van der Waals surface area contributed by atoms with E-state index in [1.54, 1.807) is 0 Å². The van der Waals surface area contributed by atoms with Gasteiger partial charge in [-0.25, -0.2) is 0 Å². The van der Waals surface area contributed by atoms with Gasteiger partial charge in [0.1, 0.15) is 25.2 Å². The fourth-order valence-corrected chi connectivity index (χ4v) is 3.33. The highest BCUT2D eigenvalue weighted by Crippen LogP contribution is 2.34. The van der Waals surface area contributed by atoms with Gasteiger partial charge in [-0.1, -0.05) is 26.0 Å². The lowest BCUT2D eigenvalue weighted by molar-refractivity contribution is -0.488. The monoisotopic (exact) mass is 437 g/mol. The van der Waals surface area contributed by atoms with E-state index < -0.39 is 38.4 Å². The lowest BCUT2D eigenvalue weighted by Gasteiger charge is -2.29. The molecule has 1 unspecified atom stereocenters. The maximum absolute atomic E-state index is 11.3. The number of non-ortho nitro benzene ring substituents is 1. The third-order valence-electron chi connectivity index (χ3n) is 4.96. The van der Waals surface area contributed by atoms with Gasteiger partial charge in [0.2, 0.25) is 0 Å². The fraction of sp³-hybridized carbons (Fsp3) is 0.588. The van der Waals surface area contributed by atoms with Crippen LogP contribution in [0.1, 0.15) is 26.3 Å². The molecule has 0 aliphatic carbocycles. The summed E-state index contributed by atoms with van der Waals surface area (Å²) in [6.45, 7) is 7.24. The first-order valence-electron chi connectivity index (χ1n) is 9.35. The van der Waals surface area contributed by atoms with Crippen LogP contribution in [0.3, 0.4) is 0 Å². The van der Waals surface area contributed by atoms with Crippen molar-refractivity contribution in [3.63, 3.8) is 0 Å². The van der Waals surface area contributed by atoms with E-state index in [-0.39, 0.29) is 17.0 Å². The lowest BCUT2D eigenvalue weighted by Crippen LogP contribution is -2.50. The van der Waals surface area contributed by atoms with E-state index in [2.05, 4.69) is 25.2 Å². The number of nitrogens with one attached hydrogen (secondary N) is 1. The van der Waals surface area contributed by atoms with Crippen LogP contribution < -0.4 is 5.43 Å². The minimum Gasteiger partial charge on any atom is -0.276 e. The summed E-state index contributed by atoms with van der Waals surface area (Å²) in [7, 11) is 3.92. The predicted octanol–water partition coefficient (Wildman–Crippen LogP) is 2.27. The average molecular weight is 437 g/mol. The Morgan fingerprint density at radius 2 is 1.68 bits per heavy atom. The van der Waals surface area contributed by atoms with Gasteiger partial charge in [0, 0.05) is 0 Å². The molecule has 1 aromatic carbocycles. The van der Waals surface area contributed by atoms with Crippen molar-refractivity contribution in [3.05, 3.63) is 48.0 Å². The van der Waals surface area contributed by atoms with Crippen LogP contribution in [-0.4, -0.2) is 63.3 Å². The Hall–Kier alpha value is -3.71.